The van der Waals surface area contributed by atoms with E-state index in [-0.39, 0.29) is 4.32 Å². The topological polar surface area (TPSA) is 67.9 Å². The Morgan fingerprint density at radius 2 is 1.86 bits per heavy atom. The molecule has 1 saturated heterocycles. The summed E-state index contributed by atoms with van der Waals surface area (Å²) in [6.45, 7) is 2.42. The lowest BCUT2D eigenvalue weighted by Gasteiger charge is -2.15. The number of methoxy groups -OCH3 is 1. The molecule has 6 nitrogen and oxygen atoms in total. The molecule has 1 fully saturated rings. The van der Waals surface area contributed by atoms with Gasteiger partial charge in [0.15, 0.2) is 15.8 Å². The number of aryl methyl sites for hydroxylation is 1. The number of carbonyl (C=O) groups is 2. The van der Waals surface area contributed by atoms with Crippen LogP contribution in [0.2, 0.25) is 0 Å². The maximum absolute atomic E-state index is 13.0. The Bertz CT molecular complexity index is 1330. The second kappa shape index (κ2) is 11.7. The Morgan fingerprint density at radius 1 is 1.14 bits per heavy atom. The number of amides is 2. The molecule has 0 saturated carbocycles. The van der Waals surface area contributed by atoms with E-state index in [1.165, 1.54) is 5.56 Å². The van der Waals surface area contributed by atoms with E-state index < -0.39 is 11.8 Å². The number of carbonyl (C=O) groups excluding carboxylic acids is 2. The van der Waals surface area contributed by atoms with Crippen LogP contribution in [0.25, 0.3) is 6.08 Å². The van der Waals surface area contributed by atoms with Crippen LogP contribution < -0.4 is 14.9 Å². The van der Waals surface area contributed by atoms with Crippen LogP contribution in [0.5, 0.6) is 11.5 Å². The van der Waals surface area contributed by atoms with Gasteiger partial charge in [-0.25, -0.2) is 0 Å². The van der Waals surface area contributed by atoms with Crippen molar-refractivity contribution in [2.75, 3.05) is 13.7 Å². The van der Waals surface area contributed by atoms with Crippen molar-refractivity contribution in [3.05, 3.63) is 98.4 Å². The molecule has 2 amide bonds. The van der Waals surface area contributed by atoms with Crippen molar-refractivity contribution in [1.29, 1.82) is 0 Å². The highest BCUT2D eigenvalue weighted by Crippen LogP contribution is 2.39. The lowest BCUT2D eigenvalue weighted by Crippen LogP contribution is -2.44. The van der Waals surface area contributed by atoms with E-state index in [9.17, 15) is 9.59 Å². The predicted molar refractivity (Wildman–Crippen MR) is 150 cm³/mol. The Labute approximate surface area is 227 Å². The zero-order valence-corrected chi connectivity index (χ0v) is 22.8. The molecule has 3 aromatic rings. The molecule has 0 aromatic heterocycles. The van der Waals surface area contributed by atoms with Crippen LogP contribution >= 0.6 is 39.9 Å². The molecule has 0 radical (unpaired) electrons. The summed E-state index contributed by atoms with van der Waals surface area (Å²) in [6.07, 6.45) is 2.47. The van der Waals surface area contributed by atoms with Gasteiger partial charge >= 0.3 is 0 Å². The number of ether oxygens (including phenoxy) is 2. The minimum absolute atomic E-state index is 0.249. The number of benzene rings is 3. The van der Waals surface area contributed by atoms with E-state index >= 15 is 0 Å². The smallest absolute Gasteiger partial charge is 0.285 e. The van der Waals surface area contributed by atoms with Crippen LogP contribution in [-0.2, 0) is 11.2 Å². The Hall–Kier alpha value is -3.14. The number of nitrogens with zero attached hydrogens (tertiary/aromatic N) is 1. The van der Waals surface area contributed by atoms with Crippen LogP contribution in [0.1, 0.15) is 27.0 Å². The summed E-state index contributed by atoms with van der Waals surface area (Å²) in [5.41, 5.74) is 5.98. The van der Waals surface area contributed by atoms with E-state index in [0.717, 1.165) is 34.3 Å². The standard InChI is InChI=1S/C27H23BrN2O4S2/c1-17-8-10-20(11-9-17)25(31)29-30-26(32)23(36-27(30)35)16-19-14-21(28)24(22(15-19)33-2)34-13-12-18-6-4-3-5-7-18/h3-11,14-16H,12-13H2,1-2H3,(H,29,31)/b23-16-. The lowest BCUT2D eigenvalue weighted by atomic mass is 10.1. The Kier molecular flexibility index (Phi) is 8.45. The number of hydrazine groups is 1. The van der Waals surface area contributed by atoms with Gasteiger partial charge in [-0.2, -0.15) is 5.01 Å². The van der Waals surface area contributed by atoms with Crippen LogP contribution in [-0.4, -0.2) is 34.9 Å². The molecule has 1 aliphatic heterocycles. The number of nitrogens with one attached hydrogen (secondary N) is 1. The van der Waals surface area contributed by atoms with Gasteiger partial charge in [0.2, 0.25) is 0 Å². The molecule has 184 valence electrons. The lowest BCUT2D eigenvalue weighted by molar-refractivity contribution is -0.123. The van der Waals surface area contributed by atoms with Gasteiger partial charge in [-0.15, -0.1) is 0 Å². The summed E-state index contributed by atoms with van der Waals surface area (Å²) in [7, 11) is 1.57. The molecule has 0 atom stereocenters. The van der Waals surface area contributed by atoms with E-state index in [0.29, 0.717) is 33.0 Å². The van der Waals surface area contributed by atoms with Crippen molar-refractivity contribution in [3.63, 3.8) is 0 Å². The summed E-state index contributed by atoms with van der Waals surface area (Å²) in [6, 6.07) is 20.8. The minimum Gasteiger partial charge on any atom is -0.493 e. The molecular weight excluding hydrogens is 560 g/mol. The van der Waals surface area contributed by atoms with Gasteiger partial charge in [0.05, 0.1) is 23.1 Å². The van der Waals surface area contributed by atoms with Gasteiger partial charge in [0.25, 0.3) is 11.8 Å². The number of hydrogen-bond acceptors (Lipinski definition) is 6. The molecular formula is C27H23BrN2O4S2. The van der Waals surface area contributed by atoms with Crippen molar-refractivity contribution < 1.29 is 19.1 Å². The molecule has 0 bridgehead atoms. The highest BCUT2D eigenvalue weighted by atomic mass is 79.9. The highest BCUT2D eigenvalue weighted by molar-refractivity contribution is 9.10. The molecule has 1 aliphatic rings. The van der Waals surface area contributed by atoms with Crippen LogP contribution in [0.4, 0.5) is 0 Å². The summed E-state index contributed by atoms with van der Waals surface area (Å²) in [5, 5.41) is 1.10. The molecule has 36 heavy (non-hydrogen) atoms. The third-order valence-corrected chi connectivity index (χ3v) is 7.24. The van der Waals surface area contributed by atoms with Crippen LogP contribution in [0.15, 0.2) is 76.1 Å². The maximum atomic E-state index is 13.0. The van der Waals surface area contributed by atoms with E-state index in [2.05, 4.69) is 33.5 Å². The number of thioether (sulfide) groups is 1. The Balaban J connectivity index is 1.47. The monoisotopic (exact) mass is 582 g/mol. The van der Waals surface area contributed by atoms with Crippen LogP contribution in [0.3, 0.4) is 0 Å². The van der Waals surface area contributed by atoms with Gasteiger partial charge in [-0.1, -0.05) is 59.8 Å². The van der Waals surface area contributed by atoms with Gasteiger partial charge in [0, 0.05) is 12.0 Å². The first-order valence-corrected chi connectivity index (χ1v) is 13.1. The first kappa shape index (κ1) is 25.9. The molecule has 4 rings (SSSR count). The van der Waals surface area contributed by atoms with Crippen molar-refractivity contribution in [3.8, 4) is 11.5 Å². The van der Waals surface area contributed by atoms with E-state index in [1.54, 1.807) is 31.4 Å². The molecule has 3 aromatic carbocycles. The first-order valence-electron chi connectivity index (χ1n) is 11.1. The van der Waals surface area contributed by atoms with Gasteiger partial charge < -0.3 is 9.47 Å². The second-order valence-electron chi connectivity index (χ2n) is 7.94. The summed E-state index contributed by atoms with van der Waals surface area (Å²) < 4.78 is 12.5. The summed E-state index contributed by atoms with van der Waals surface area (Å²) >= 11 is 10.0. The minimum atomic E-state index is -0.408. The zero-order chi connectivity index (χ0) is 25.7. The number of thiocarbonyl (C=S) groups is 1. The number of rotatable bonds is 8. The van der Waals surface area contributed by atoms with Crippen molar-refractivity contribution in [2.45, 2.75) is 13.3 Å². The SMILES string of the molecule is COc1cc(/C=C2\SC(=S)N(NC(=O)c3ccc(C)cc3)C2=O)cc(Br)c1OCCc1ccccc1. The Morgan fingerprint density at radius 3 is 2.56 bits per heavy atom. The van der Waals surface area contributed by atoms with Crippen molar-refractivity contribution >= 4 is 62.1 Å². The second-order valence-corrected chi connectivity index (χ2v) is 10.5. The summed E-state index contributed by atoms with van der Waals surface area (Å²) in [5.74, 6) is 0.313. The molecule has 9 heteroatoms. The van der Waals surface area contributed by atoms with Crippen molar-refractivity contribution in [2.24, 2.45) is 0 Å². The first-order chi connectivity index (χ1) is 17.4. The number of hydrogen-bond donors (Lipinski definition) is 1. The fourth-order valence-corrected chi connectivity index (χ4v) is 5.22. The number of halogens is 1. The van der Waals surface area contributed by atoms with Gasteiger partial charge in [-0.05, 0) is 76.5 Å². The third-order valence-electron chi connectivity index (χ3n) is 5.35. The third kappa shape index (κ3) is 6.16. The predicted octanol–water partition coefficient (Wildman–Crippen LogP) is 5.93. The van der Waals surface area contributed by atoms with E-state index in [4.69, 9.17) is 21.7 Å². The fourth-order valence-electron chi connectivity index (χ4n) is 3.47. The molecule has 1 heterocycles. The van der Waals surface area contributed by atoms with E-state index in [1.807, 2.05) is 43.3 Å². The fraction of sp³-hybridized carbons (Fsp3) is 0.148. The average Bonchev–Trinajstić information content (AvgIpc) is 3.13. The zero-order valence-electron chi connectivity index (χ0n) is 19.6. The molecule has 1 N–H and O–H groups in total. The molecule has 0 spiro atoms. The normalized spacial score (nSPS) is 14.3. The van der Waals surface area contributed by atoms with Gasteiger partial charge in [0.1, 0.15) is 0 Å². The molecule has 0 unspecified atom stereocenters. The quantitative estimate of drug-likeness (QED) is 0.262. The van der Waals surface area contributed by atoms with Crippen molar-refractivity contribution in [1.82, 2.24) is 10.4 Å². The largest absolute Gasteiger partial charge is 0.493 e. The van der Waals surface area contributed by atoms with Crippen LogP contribution in [0, 0.1) is 6.92 Å². The highest BCUT2D eigenvalue weighted by Gasteiger charge is 2.34. The average molecular weight is 584 g/mol. The molecule has 0 aliphatic carbocycles. The van der Waals surface area contributed by atoms with Gasteiger partial charge in [-0.3, -0.25) is 15.0 Å². The maximum Gasteiger partial charge on any atom is 0.285 e. The summed E-state index contributed by atoms with van der Waals surface area (Å²) in [4.78, 5) is 26.0.